The number of benzene rings is 1. The molecule has 0 bridgehead atoms. The molecule has 0 aliphatic rings. The fourth-order valence-electron chi connectivity index (χ4n) is 2.13. The minimum Gasteiger partial charge on any atom is -0.438 e. The Morgan fingerprint density at radius 3 is 2.58 bits per heavy atom. The molecule has 9 nitrogen and oxygen atoms in total. The van der Waals surface area contributed by atoms with E-state index in [0.717, 1.165) is 11.1 Å². The second kappa shape index (κ2) is 7.07. The number of hydrogen-bond acceptors (Lipinski definition) is 6. The number of aryl methyl sites for hydroxylation is 3. The number of ether oxygens (including phenoxy) is 2. The van der Waals surface area contributed by atoms with Crippen LogP contribution in [0.4, 0.5) is 4.79 Å². The lowest BCUT2D eigenvalue weighted by atomic mass is 10.1. The maximum Gasteiger partial charge on any atom is 0.509 e. The van der Waals surface area contributed by atoms with Crippen molar-refractivity contribution < 1.29 is 19.1 Å². The van der Waals surface area contributed by atoms with E-state index in [4.69, 9.17) is 4.74 Å². The zero-order valence-electron chi connectivity index (χ0n) is 14.2. The summed E-state index contributed by atoms with van der Waals surface area (Å²) in [5.74, 6) is -0.433. The summed E-state index contributed by atoms with van der Waals surface area (Å²) in [5.41, 5.74) is 2.51. The molecule has 1 heterocycles. The Balaban J connectivity index is 2.41. The highest BCUT2D eigenvalue weighted by molar-refractivity contribution is 5.96. The van der Waals surface area contributed by atoms with Crippen molar-refractivity contribution >= 4 is 12.1 Å². The first-order valence-corrected chi connectivity index (χ1v) is 7.23. The Bertz CT molecular complexity index is 837. The Labute approximate surface area is 138 Å². The lowest BCUT2D eigenvalue weighted by Crippen LogP contribution is -2.31. The van der Waals surface area contributed by atoms with Gasteiger partial charge in [0.2, 0.25) is 6.23 Å². The van der Waals surface area contributed by atoms with Crippen LogP contribution < -0.4 is 5.62 Å². The Kier molecular flexibility index (Phi) is 5.12. The van der Waals surface area contributed by atoms with E-state index in [1.807, 2.05) is 26.0 Å². The van der Waals surface area contributed by atoms with Crippen LogP contribution in [0.2, 0.25) is 0 Å². The minimum atomic E-state index is -0.868. The van der Waals surface area contributed by atoms with Crippen LogP contribution in [0.15, 0.2) is 23.2 Å². The van der Waals surface area contributed by atoms with Crippen molar-refractivity contribution in [2.45, 2.75) is 27.0 Å². The van der Waals surface area contributed by atoms with E-state index in [2.05, 4.69) is 20.2 Å². The standard InChI is InChI=1S/C15H19N5O4/c1-9-6-7-12(10(2)8-9)13(21)16-14-19(4)17-18-20(14)11(3)24-15(22)23-5/h6-8,11H,1-5H3. The normalized spacial score (nSPS) is 12.8. The second-order valence-corrected chi connectivity index (χ2v) is 5.25. The van der Waals surface area contributed by atoms with Crippen molar-refractivity contribution in [1.29, 1.82) is 0 Å². The predicted octanol–water partition coefficient (Wildman–Crippen LogP) is 1.28. The SMILES string of the molecule is COC(=O)OC(C)n1nnn(C)c1=NC(=O)c1ccc(C)cc1C. The first kappa shape index (κ1) is 17.4. The zero-order chi connectivity index (χ0) is 17.9. The monoisotopic (exact) mass is 333 g/mol. The van der Waals surface area contributed by atoms with Crippen LogP contribution in [0.5, 0.6) is 0 Å². The molecule has 1 amide bonds. The van der Waals surface area contributed by atoms with Crippen LogP contribution in [-0.2, 0) is 16.5 Å². The van der Waals surface area contributed by atoms with Gasteiger partial charge in [-0.3, -0.25) is 4.79 Å². The first-order chi connectivity index (χ1) is 11.3. The molecule has 2 aromatic rings. The number of hydrogen-bond donors (Lipinski definition) is 0. The number of rotatable bonds is 3. The van der Waals surface area contributed by atoms with E-state index in [1.54, 1.807) is 20.0 Å². The fourth-order valence-corrected chi connectivity index (χ4v) is 2.13. The summed E-state index contributed by atoms with van der Waals surface area (Å²) in [6, 6.07) is 5.47. The average Bonchev–Trinajstić information content (AvgIpc) is 2.88. The molecule has 24 heavy (non-hydrogen) atoms. The van der Waals surface area contributed by atoms with Crippen molar-refractivity contribution in [2.24, 2.45) is 12.0 Å². The number of tetrazole rings is 1. The molecule has 1 aromatic heterocycles. The summed E-state index contributed by atoms with van der Waals surface area (Å²) in [5, 5.41) is 7.64. The maximum absolute atomic E-state index is 12.5. The van der Waals surface area contributed by atoms with Crippen molar-refractivity contribution in [3.05, 3.63) is 40.5 Å². The van der Waals surface area contributed by atoms with Gasteiger partial charge in [0.05, 0.1) is 7.11 Å². The van der Waals surface area contributed by atoms with Gasteiger partial charge in [0.15, 0.2) is 0 Å². The Morgan fingerprint density at radius 1 is 1.25 bits per heavy atom. The zero-order valence-corrected chi connectivity index (χ0v) is 14.2. The number of aromatic nitrogens is 4. The molecule has 0 aliphatic carbocycles. The summed E-state index contributed by atoms with van der Waals surface area (Å²) >= 11 is 0. The van der Waals surface area contributed by atoms with Gasteiger partial charge in [-0.2, -0.15) is 9.67 Å². The molecule has 0 saturated heterocycles. The van der Waals surface area contributed by atoms with Crippen molar-refractivity contribution in [2.75, 3.05) is 7.11 Å². The van der Waals surface area contributed by atoms with Crippen LogP contribution in [0.3, 0.4) is 0 Å². The van der Waals surface area contributed by atoms with Crippen molar-refractivity contribution in [3.63, 3.8) is 0 Å². The summed E-state index contributed by atoms with van der Waals surface area (Å²) in [4.78, 5) is 27.8. The topological polar surface area (TPSA) is 101 Å². The van der Waals surface area contributed by atoms with Gasteiger partial charge in [-0.15, -0.1) is 0 Å². The van der Waals surface area contributed by atoms with Gasteiger partial charge in [-0.05, 0) is 42.8 Å². The largest absolute Gasteiger partial charge is 0.509 e. The van der Waals surface area contributed by atoms with E-state index in [9.17, 15) is 9.59 Å². The van der Waals surface area contributed by atoms with Gasteiger partial charge in [0.25, 0.3) is 11.5 Å². The third-order valence-corrected chi connectivity index (χ3v) is 3.36. The molecule has 1 atom stereocenters. The number of amides is 1. The minimum absolute atomic E-state index is 0.149. The van der Waals surface area contributed by atoms with Crippen molar-refractivity contribution in [3.8, 4) is 0 Å². The van der Waals surface area contributed by atoms with Gasteiger partial charge >= 0.3 is 6.16 Å². The molecule has 128 valence electrons. The summed E-state index contributed by atoms with van der Waals surface area (Å²) < 4.78 is 12.0. The Morgan fingerprint density at radius 2 is 1.96 bits per heavy atom. The van der Waals surface area contributed by atoms with Crippen LogP contribution >= 0.6 is 0 Å². The van der Waals surface area contributed by atoms with Gasteiger partial charge < -0.3 is 9.47 Å². The number of carbonyl (C=O) groups excluding carboxylic acids is 2. The van der Waals surface area contributed by atoms with E-state index in [0.29, 0.717) is 5.56 Å². The van der Waals surface area contributed by atoms with Crippen molar-refractivity contribution in [1.82, 2.24) is 19.8 Å². The lowest BCUT2D eigenvalue weighted by molar-refractivity contribution is 0.00727. The van der Waals surface area contributed by atoms with E-state index < -0.39 is 18.3 Å². The van der Waals surface area contributed by atoms with E-state index in [-0.39, 0.29) is 5.62 Å². The molecule has 0 saturated carbocycles. The van der Waals surface area contributed by atoms with Crippen LogP contribution in [0.25, 0.3) is 0 Å². The molecular formula is C15H19N5O4. The highest BCUT2D eigenvalue weighted by atomic mass is 16.7. The molecule has 0 aliphatic heterocycles. The molecule has 1 unspecified atom stereocenters. The lowest BCUT2D eigenvalue weighted by Gasteiger charge is -2.11. The van der Waals surface area contributed by atoms with E-state index in [1.165, 1.54) is 16.5 Å². The molecule has 2 rings (SSSR count). The third-order valence-electron chi connectivity index (χ3n) is 3.36. The molecule has 0 radical (unpaired) electrons. The second-order valence-electron chi connectivity index (χ2n) is 5.25. The van der Waals surface area contributed by atoms with Crippen LogP contribution in [0.1, 0.15) is 34.6 Å². The van der Waals surface area contributed by atoms with E-state index >= 15 is 0 Å². The fraction of sp³-hybridized carbons (Fsp3) is 0.400. The first-order valence-electron chi connectivity index (χ1n) is 7.23. The number of methoxy groups -OCH3 is 1. The predicted molar refractivity (Wildman–Crippen MR) is 83.0 cm³/mol. The molecular weight excluding hydrogens is 314 g/mol. The molecule has 0 fully saturated rings. The molecule has 0 N–H and O–H groups in total. The third kappa shape index (κ3) is 3.67. The summed E-state index contributed by atoms with van der Waals surface area (Å²) in [6.45, 7) is 5.35. The smallest absolute Gasteiger partial charge is 0.438 e. The van der Waals surface area contributed by atoms with Gasteiger partial charge in [-0.1, -0.05) is 17.7 Å². The maximum atomic E-state index is 12.5. The Hall–Kier alpha value is -2.97. The number of carbonyl (C=O) groups is 2. The van der Waals surface area contributed by atoms with Gasteiger partial charge in [0, 0.05) is 12.6 Å². The highest BCUT2D eigenvalue weighted by Gasteiger charge is 2.17. The number of nitrogens with zero attached hydrogens (tertiary/aromatic N) is 5. The van der Waals surface area contributed by atoms with Gasteiger partial charge in [0.1, 0.15) is 0 Å². The molecule has 0 spiro atoms. The molecule has 1 aromatic carbocycles. The van der Waals surface area contributed by atoms with Gasteiger partial charge in [-0.25, -0.2) is 9.48 Å². The summed E-state index contributed by atoms with van der Waals surface area (Å²) in [6.07, 6.45) is -1.70. The average molecular weight is 333 g/mol. The highest BCUT2D eigenvalue weighted by Crippen LogP contribution is 2.11. The summed E-state index contributed by atoms with van der Waals surface area (Å²) in [7, 11) is 2.79. The molecule has 9 heteroatoms. The van der Waals surface area contributed by atoms with Crippen LogP contribution in [-0.4, -0.2) is 39.0 Å². The van der Waals surface area contributed by atoms with Crippen LogP contribution in [0, 0.1) is 13.8 Å². The quantitative estimate of drug-likeness (QED) is 0.784.